The summed E-state index contributed by atoms with van der Waals surface area (Å²) in [6.07, 6.45) is 3.63. The highest BCUT2D eigenvalue weighted by Crippen LogP contribution is 2.28. The van der Waals surface area contributed by atoms with E-state index in [9.17, 15) is 13.5 Å². The Bertz CT molecular complexity index is 1150. The van der Waals surface area contributed by atoms with Crippen LogP contribution in [0, 0.1) is 0 Å². The van der Waals surface area contributed by atoms with E-state index in [1.807, 2.05) is 42.1 Å². The van der Waals surface area contributed by atoms with E-state index in [1.165, 1.54) is 11.3 Å². The van der Waals surface area contributed by atoms with Gasteiger partial charge in [0.1, 0.15) is 4.21 Å². The largest absolute Gasteiger partial charge is 0.386 e. The van der Waals surface area contributed by atoms with Gasteiger partial charge in [0.15, 0.2) is 0 Å². The number of nitrogens with zero attached hydrogens (tertiary/aromatic N) is 4. The van der Waals surface area contributed by atoms with Crippen LogP contribution < -0.4 is 4.90 Å². The minimum Gasteiger partial charge on any atom is -0.386 e. The highest BCUT2D eigenvalue weighted by atomic mass is 32.2. The lowest BCUT2D eigenvalue weighted by atomic mass is 9.98. The molecule has 0 amide bonds. The van der Waals surface area contributed by atoms with Crippen LogP contribution in [0.3, 0.4) is 0 Å². The average Bonchev–Trinajstić information content (AvgIpc) is 3.46. The molecule has 4 rings (SSSR count). The van der Waals surface area contributed by atoms with Gasteiger partial charge >= 0.3 is 0 Å². The van der Waals surface area contributed by atoms with Crippen molar-refractivity contribution < 1.29 is 18.3 Å². The van der Waals surface area contributed by atoms with Crippen molar-refractivity contribution in [1.82, 2.24) is 13.9 Å². The van der Waals surface area contributed by atoms with E-state index < -0.39 is 15.6 Å². The minimum absolute atomic E-state index is 0.162. The maximum Gasteiger partial charge on any atom is 0.252 e. The Morgan fingerprint density at radius 1 is 1.21 bits per heavy atom. The van der Waals surface area contributed by atoms with E-state index >= 15 is 0 Å². The van der Waals surface area contributed by atoms with Crippen LogP contribution in [0.1, 0.15) is 25.1 Å². The fourth-order valence-electron chi connectivity index (χ4n) is 3.97. The van der Waals surface area contributed by atoms with Gasteiger partial charge in [0.25, 0.3) is 10.0 Å². The number of sulfonamides is 1. The van der Waals surface area contributed by atoms with Gasteiger partial charge in [-0.05, 0) is 43.0 Å². The van der Waals surface area contributed by atoms with Crippen molar-refractivity contribution >= 4 is 27.0 Å². The topological polar surface area (TPSA) is 87.9 Å². The normalized spacial score (nSPS) is 18.1. The zero-order valence-electron chi connectivity index (χ0n) is 19.1. The molecule has 178 valence electrons. The lowest BCUT2D eigenvalue weighted by Crippen LogP contribution is -2.56. The highest BCUT2D eigenvalue weighted by molar-refractivity contribution is 7.91. The Kier molecular flexibility index (Phi) is 6.92. The van der Waals surface area contributed by atoms with Gasteiger partial charge in [-0.25, -0.2) is 13.4 Å². The number of benzene rings is 1. The zero-order valence-corrected chi connectivity index (χ0v) is 20.7. The molecule has 0 radical (unpaired) electrons. The first kappa shape index (κ1) is 23.9. The fourth-order valence-corrected chi connectivity index (χ4v) is 6.58. The maximum atomic E-state index is 13.1. The standard InChI is InChI=1S/C23H30N4O4S2/c1-23(2,28)18-6-8-20(9-7-18)27-11-10-26(33(29,30)22-5-4-12-32-22)14-21(27)16-31-15-19-13-25(3)17-24-19/h4-9,12-13,17,21,28H,10-11,14-16H2,1-3H3/t21-/m1/s1. The van der Waals surface area contributed by atoms with Gasteiger partial charge in [0, 0.05) is 38.6 Å². The molecule has 3 aromatic rings. The van der Waals surface area contributed by atoms with Gasteiger partial charge in [0.05, 0.1) is 36.9 Å². The SMILES string of the molecule is Cn1cnc(COC[C@H]2CN(S(=O)(=O)c3cccs3)CCN2c2ccc(C(C)(C)O)cc2)c1. The first-order valence-corrected chi connectivity index (χ1v) is 13.1. The van der Waals surface area contributed by atoms with Gasteiger partial charge in [-0.2, -0.15) is 4.31 Å². The third-order valence-corrected chi connectivity index (χ3v) is 9.00. The molecule has 1 fully saturated rings. The highest BCUT2D eigenvalue weighted by Gasteiger charge is 2.35. The van der Waals surface area contributed by atoms with Crippen LogP contribution in [0.2, 0.25) is 0 Å². The lowest BCUT2D eigenvalue weighted by molar-refractivity contribution is 0.0785. The van der Waals surface area contributed by atoms with Gasteiger partial charge in [-0.3, -0.25) is 0 Å². The molecule has 0 saturated carbocycles. The van der Waals surface area contributed by atoms with Crippen molar-refractivity contribution in [3.05, 3.63) is 65.6 Å². The molecule has 0 unspecified atom stereocenters. The minimum atomic E-state index is -3.54. The Morgan fingerprint density at radius 2 is 1.97 bits per heavy atom. The van der Waals surface area contributed by atoms with Crippen molar-refractivity contribution in [2.75, 3.05) is 31.1 Å². The van der Waals surface area contributed by atoms with Gasteiger partial charge in [-0.15, -0.1) is 11.3 Å². The fraction of sp³-hybridized carbons (Fsp3) is 0.435. The Labute approximate surface area is 199 Å². The Hall–Kier alpha value is -2.24. The second kappa shape index (κ2) is 9.55. The molecule has 8 nitrogen and oxygen atoms in total. The summed E-state index contributed by atoms with van der Waals surface area (Å²) >= 11 is 1.23. The molecule has 1 N–H and O–H groups in total. The second-order valence-corrected chi connectivity index (χ2v) is 11.9. The van der Waals surface area contributed by atoms with E-state index in [0.717, 1.165) is 16.9 Å². The first-order valence-electron chi connectivity index (χ1n) is 10.8. The number of ether oxygens (including phenoxy) is 1. The van der Waals surface area contributed by atoms with Gasteiger partial charge in [-0.1, -0.05) is 18.2 Å². The summed E-state index contributed by atoms with van der Waals surface area (Å²) in [6, 6.07) is 11.0. The van der Waals surface area contributed by atoms with Crippen LogP contribution in [0.4, 0.5) is 5.69 Å². The summed E-state index contributed by atoms with van der Waals surface area (Å²) in [5.41, 5.74) is 1.71. The van der Waals surface area contributed by atoms with Crippen molar-refractivity contribution in [1.29, 1.82) is 0 Å². The quantitative estimate of drug-likeness (QED) is 0.523. The number of hydrogen-bond acceptors (Lipinski definition) is 7. The van der Waals surface area contributed by atoms with Crippen molar-refractivity contribution in [2.24, 2.45) is 7.05 Å². The summed E-state index contributed by atoms with van der Waals surface area (Å²) in [5.74, 6) is 0. The molecule has 3 heterocycles. The molecule has 10 heteroatoms. The lowest BCUT2D eigenvalue weighted by Gasteiger charge is -2.42. The third kappa shape index (κ3) is 5.47. The van der Waals surface area contributed by atoms with Crippen LogP contribution in [0.5, 0.6) is 0 Å². The molecular weight excluding hydrogens is 460 g/mol. The van der Waals surface area contributed by atoms with E-state index in [0.29, 0.717) is 37.1 Å². The molecule has 1 aromatic carbocycles. The molecule has 1 saturated heterocycles. The van der Waals surface area contributed by atoms with Crippen molar-refractivity contribution in [3.63, 3.8) is 0 Å². The predicted octanol–water partition coefficient (Wildman–Crippen LogP) is 2.81. The molecule has 1 aliphatic rings. The number of aryl methyl sites for hydroxylation is 1. The van der Waals surface area contributed by atoms with Crippen LogP contribution in [-0.2, 0) is 34.0 Å². The number of thiophene rings is 1. The first-order chi connectivity index (χ1) is 15.6. The van der Waals surface area contributed by atoms with E-state index in [4.69, 9.17) is 4.74 Å². The van der Waals surface area contributed by atoms with E-state index in [2.05, 4.69) is 9.88 Å². The number of imidazole rings is 1. The summed E-state index contributed by atoms with van der Waals surface area (Å²) in [4.78, 5) is 6.48. The molecule has 0 bridgehead atoms. The van der Waals surface area contributed by atoms with Crippen LogP contribution in [0.25, 0.3) is 0 Å². The number of aromatic nitrogens is 2. The predicted molar refractivity (Wildman–Crippen MR) is 129 cm³/mol. The summed E-state index contributed by atoms with van der Waals surface area (Å²) in [7, 11) is -1.63. The van der Waals surface area contributed by atoms with Crippen LogP contribution in [-0.4, -0.2) is 59.7 Å². The maximum absolute atomic E-state index is 13.1. The smallest absolute Gasteiger partial charge is 0.252 e. The molecule has 2 aromatic heterocycles. The summed E-state index contributed by atoms with van der Waals surface area (Å²) in [5, 5.41) is 12.0. The van der Waals surface area contributed by atoms with Crippen molar-refractivity contribution in [3.8, 4) is 0 Å². The van der Waals surface area contributed by atoms with Crippen molar-refractivity contribution in [2.45, 2.75) is 36.3 Å². The molecule has 33 heavy (non-hydrogen) atoms. The number of piperazine rings is 1. The number of hydrogen-bond donors (Lipinski definition) is 1. The number of rotatable bonds is 8. The van der Waals surface area contributed by atoms with Crippen LogP contribution in [0.15, 0.2) is 58.5 Å². The van der Waals surface area contributed by atoms with Crippen LogP contribution >= 0.6 is 11.3 Å². The monoisotopic (exact) mass is 490 g/mol. The molecule has 1 atom stereocenters. The number of aliphatic hydroxyl groups is 1. The van der Waals surface area contributed by atoms with E-state index in [-0.39, 0.29) is 6.04 Å². The third-order valence-electron chi connectivity index (χ3n) is 5.76. The molecular formula is C23H30N4O4S2. The van der Waals surface area contributed by atoms with E-state index in [1.54, 1.807) is 42.0 Å². The zero-order chi connectivity index (χ0) is 23.6. The molecule has 1 aliphatic heterocycles. The Morgan fingerprint density at radius 3 is 2.58 bits per heavy atom. The molecule has 0 spiro atoms. The van der Waals surface area contributed by atoms with Gasteiger partial charge in [0.2, 0.25) is 0 Å². The second-order valence-electron chi connectivity index (χ2n) is 8.79. The average molecular weight is 491 g/mol. The Balaban J connectivity index is 1.53. The summed E-state index contributed by atoms with van der Waals surface area (Å²) < 4.78 is 36.0. The number of anilines is 1. The summed E-state index contributed by atoms with van der Waals surface area (Å²) in [6.45, 7) is 5.50. The molecule has 0 aliphatic carbocycles. The van der Waals surface area contributed by atoms with Gasteiger partial charge < -0.3 is 19.3 Å².